The minimum atomic E-state index is -0.537. The van der Waals surface area contributed by atoms with Crippen LogP contribution in [-0.2, 0) is 0 Å². The number of hydrogen-bond acceptors (Lipinski definition) is 4. The van der Waals surface area contributed by atoms with Gasteiger partial charge < -0.3 is 10.0 Å². The predicted octanol–water partition coefficient (Wildman–Crippen LogP) is 0.684. The van der Waals surface area contributed by atoms with E-state index in [1.165, 1.54) is 6.33 Å². The van der Waals surface area contributed by atoms with Gasteiger partial charge in [0.15, 0.2) is 0 Å². The Kier molecular flexibility index (Phi) is 2.15. The number of nitrogens with zero attached hydrogens (tertiary/aromatic N) is 3. The molecular weight excluding hydrogens is 178 g/mol. The van der Waals surface area contributed by atoms with Crippen LogP contribution in [0.1, 0.15) is 13.8 Å². The van der Waals surface area contributed by atoms with E-state index in [1.807, 2.05) is 19.9 Å². The van der Waals surface area contributed by atoms with Crippen LogP contribution < -0.4 is 4.90 Å². The Balaban J connectivity index is 2.02. The first-order valence-electron chi connectivity index (χ1n) is 4.85. The van der Waals surface area contributed by atoms with E-state index in [4.69, 9.17) is 0 Å². The molecule has 0 aromatic carbocycles. The van der Waals surface area contributed by atoms with Crippen LogP contribution in [0.5, 0.6) is 0 Å². The van der Waals surface area contributed by atoms with Crippen molar-refractivity contribution in [3.63, 3.8) is 0 Å². The second kappa shape index (κ2) is 3.20. The van der Waals surface area contributed by atoms with Gasteiger partial charge in [0, 0.05) is 6.20 Å². The quantitative estimate of drug-likeness (QED) is 0.750. The largest absolute Gasteiger partial charge is 0.386 e. The van der Waals surface area contributed by atoms with E-state index in [2.05, 4.69) is 14.9 Å². The molecule has 1 fully saturated rings. The lowest BCUT2D eigenvalue weighted by Crippen LogP contribution is -2.65. The minimum Gasteiger partial charge on any atom is -0.386 e. The fraction of sp³-hybridized carbons (Fsp3) is 0.600. The second-order valence-electron chi connectivity index (χ2n) is 4.18. The first kappa shape index (κ1) is 9.40. The third kappa shape index (κ3) is 1.46. The van der Waals surface area contributed by atoms with Gasteiger partial charge in [0.1, 0.15) is 17.7 Å². The molecule has 0 aliphatic carbocycles. The average Bonchev–Trinajstić information content (AvgIpc) is 2.14. The topological polar surface area (TPSA) is 49.2 Å². The summed E-state index contributed by atoms with van der Waals surface area (Å²) in [5, 5.41) is 10.0. The molecule has 0 unspecified atom stereocenters. The van der Waals surface area contributed by atoms with E-state index < -0.39 is 5.60 Å². The molecule has 2 heterocycles. The molecule has 1 aliphatic heterocycles. The standard InChI is InChI=1S/C10H15N3O/c1-8(2)10(14)5-13(6-10)9-3-4-11-7-12-9/h3-4,7-8,14H,5-6H2,1-2H3. The van der Waals surface area contributed by atoms with E-state index in [9.17, 15) is 5.11 Å². The summed E-state index contributed by atoms with van der Waals surface area (Å²) in [7, 11) is 0. The van der Waals surface area contributed by atoms with Crippen LogP contribution in [0.3, 0.4) is 0 Å². The fourth-order valence-corrected chi connectivity index (χ4v) is 1.61. The summed E-state index contributed by atoms with van der Waals surface area (Å²) in [6.45, 7) is 5.41. The Bertz CT molecular complexity index is 306. The molecule has 14 heavy (non-hydrogen) atoms. The smallest absolute Gasteiger partial charge is 0.132 e. The predicted molar refractivity (Wildman–Crippen MR) is 54.0 cm³/mol. The van der Waals surface area contributed by atoms with Crippen molar-refractivity contribution in [2.24, 2.45) is 5.92 Å². The maximum Gasteiger partial charge on any atom is 0.132 e. The molecule has 0 atom stereocenters. The van der Waals surface area contributed by atoms with Crippen molar-refractivity contribution in [3.05, 3.63) is 18.6 Å². The molecule has 0 radical (unpaired) electrons. The SMILES string of the molecule is CC(C)C1(O)CN(c2ccncn2)C1. The van der Waals surface area contributed by atoms with Gasteiger partial charge in [0.2, 0.25) is 0 Å². The number of rotatable bonds is 2. The zero-order chi connectivity index (χ0) is 10.2. The van der Waals surface area contributed by atoms with Gasteiger partial charge in [-0.25, -0.2) is 9.97 Å². The minimum absolute atomic E-state index is 0.292. The van der Waals surface area contributed by atoms with Crippen molar-refractivity contribution in [2.75, 3.05) is 18.0 Å². The van der Waals surface area contributed by atoms with Crippen LogP contribution in [0.4, 0.5) is 5.82 Å². The van der Waals surface area contributed by atoms with E-state index >= 15 is 0 Å². The highest BCUT2D eigenvalue weighted by Crippen LogP contribution is 2.31. The van der Waals surface area contributed by atoms with Crippen LogP contribution in [-0.4, -0.2) is 33.8 Å². The molecule has 76 valence electrons. The zero-order valence-electron chi connectivity index (χ0n) is 8.51. The lowest BCUT2D eigenvalue weighted by molar-refractivity contribution is -0.0304. The van der Waals surface area contributed by atoms with Gasteiger partial charge in [-0.05, 0) is 12.0 Å². The molecule has 0 bridgehead atoms. The number of aliphatic hydroxyl groups is 1. The summed E-state index contributed by atoms with van der Waals surface area (Å²) in [6, 6.07) is 1.86. The first-order valence-corrected chi connectivity index (χ1v) is 4.85. The number of aromatic nitrogens is 2. The maximum atomic E-state index is 10.0. The number of β-amino-alcohol motifs (C(OH)–C–C–N with tert-alkyl or cyclic N) is 1. The molecule has 4 heteroatoms. The van der Waals surface area contributed by atoms with Crippen molar-refractivity contribution in [1.29, 1.82) is 0 Å². The molecule has 4 nitrogen and oxygen atoms in total. The molecule has 2 rings (SSSR count). The third-order valence-electron chi connectivity index (χ3n) is 2.89. The van der Waals surface area contributed by atoms with Crippen molar-refractivity contribution < 1.29 is 5.11 Å². The Labute approximate surface area is 83.6 Å². The normalized spacial score (nSPS) is 19.6. The van der Waals surface area contributed by atoms with Gasteiger partial charge in [-0.1, -0.05) is 13.8 Å². The number of anilines is 1. The Hall–Kier alpha value is -1.16. The summed E-state index contributed by atoms with van der Waals surface area (Å²) < 4.78 is 0. The summed E-state index contributed by atoms with van der Waals surface area (Å²) in [4.78, 5) is 10.0. The molecule has 1 aromatic rings. The summed E-state index contributed by atoms with van der Waals surface area (Å²) >= 11 is 0. The molecular formula is C10H15N3O. The van der Waals surface area contributed by atoms with Crippen LogP contribution in [0.25, 0.3) is 0 Å². The molecule has 0 saturated carbocycles. The van der Waals surface area contributed by atoms with E-state index in [0.717, 1.165) is 5.82 Å². The van der Waals surface area contributed by atoms with E-state index in [-0.39, 0.29) is 0 Å². The van der Waals surface area contributed by atoms with Crippen LogP contribution in [0.15, 0.2) is 18.6 Å². The van der Waals surface area contributed by atoms with Gasteiger partial charge in [0.25, 0.3) is 0 Å². The van der Waals surface area contributed by atoms with Crippen molar-refractivity contribution in [2.45, 2.75) is 19.4 Å². The number of hydrogen-bond donors (Lipinski definition) is 1. The summed E-state index contributed by atoms with van der Waals surface area (Å²) in [6.07, 6.45) is 3.25. The Morgan fingerprint density at radius 1 is 1.50 bits per heavy atom. The third-order valence-corrected chi connectivity index (χ3v) is 2.89. The first-order chi connectivity index (χ1) is 6.62. The van der Waals surface area contributed by atoms with Gasteiger partial charge >= 0.3 is 0 Å². The summed E-state index contributed by atoms with van der Waals surface area (Å²) in [5.41, 5.74) is -0.537. The van der Waals surface area contributed by atoms with Crippen molar-refractivity contribution in [1.82, 2.24) is 9.97 Å². The van der Waals surface area contributed by atoms with Crippen molar-refractivity contribution >= 4 is 5.82 Å². The zero-order valence-corrected chi connectivity index (χ0v) is 8.51. The highest BCUT2D eigenvalue weighted by molar-refractivity contribution is 5.42. The maximum absolute atomic E-state index is 10.0. The Morgan fingerprint density at radius 3 is 2.71 bits per heavy atom. The fourth-order valence-electron chi connectivity index (χ4n) is 1.61. The second-order valence-corrected chi connectivity index (χ2v) is 4.18. The molecule has 1 N–H and O–H groups in total. The van der Waals surface area contributed by atoms with E-state index in [1.54, 1.807) is 6.20 Å². The van der Waals surface area contributed by atoms with Gasteiger partial charge in [-0.15, -0.1) is 0 Å². The van der Waals surface area contributed by atoms with Gasteiger partial charge in [0.05, 0.1) is 13.1 Å². The van der Waals surface area contributed by atoms with Gasteiger partial charge in [-0.2, -0.15) is 0 Å². The monoisotopic (exact) mass is 193 g/mol. The highest BCUT2D eigenvalue weighted by Gasteiger charge is 2.44. The highest BCUT2D eigenvalue weighted by atomic mass is 16.3. The molecule has 1 aliphatic rings. The average molecular weight is 193 g/mol. The molecule has 0 spiro atoms. The van der Waals surface area contributed by atoms with Crippen LogP contribution in [0, 0.1) is 5.92 Å². The van der Waals surface area contributed by atoms with Gasteiger partial charge in [-0.3, -0.25) is 0 Å². The Morgan fingerprint density at radius 2 is 2.21 bits per heavy atom. The van der Waals surface area contributed by atoms with E-state index in [0.29, 0.717) is 19.0 Å². The van der Waals surface area contributed by atoms with Crippen LogP contribution >= 0.6 is 0 Å². The molecule has 1 aromatic heterocycles. The lowest BCUT2D eigenvalue weighted by atomic mass is 9.83. The van der Waals surface area contributed by atoms with Crippen molar-refractivity contribution in [3.8, 4) is 0 Å². The van der Waals surface area contributed by atoms with Crippen LogP contribution in [0.2, 0.25) is 0 Å². The summed E-state index contributed by atoms with van der Waals surface area (Å²) in [5.74, 6) is 1.19. The molecule has 1 saturated heterocycles. The lowest BCUT2D eigenvalue weighted by Gasteiger charge is -2.49. The molecule has 0 amide bonds.